The van der Waals surface area contributed by atoms with Gasteiger partial charge in [-0.25, -0.2) is 0 Å². The highest BCUT2D eigenvalue weighted by Gasteiger charge is 2.12. The van der Waals surface area contributed by atoms with E-state index in [4.69, 9.17) is 11.5 Å². The van der Waals surface area contributed by atoms with Gasteiger partial charge in [-0.05, 0) is 59.9 Å². The Kier molecular flexibility index (Phi) is 4.58. The predicted molar refractivity (Wildman–Crippen MR) is 84.4 cm³/mol. The molecule has 0 unspecified atom stereocenters. The van der Waals surface area contributed by atoms with Crippen LogP contribution in [0.3, 0.4) is 0 Å². The number of aliphatic hydroxyl groups excluding tert-OH is 1. The summed E-state index contributed by atoms with van der Waals surface area (Å²) in [7, 11) is 0. The third kappa shape index (κ3) is 3.15. The summed E-state index contributed by atoms with van der Waals surface area (Å²) in [6, 6.07) is 10.3. The summed E-state index contributed by atoms with van der Waals surface area (Å²) in [5.74, 6) is -1.02. The van der Waals surface area contributed by atoms with Gasteiger partial charge in [0.2, 0.25) is 11.8 Å². The number of amides is 2. The van der Waals surface area contributed by atoms with Crippen molar-refractivity contribution >= 4 is 11.8 Å². The van der Waals surface area contributed by atoms with Gasteiger partial charge in [-0.3, -0.25) is 9.59 Å². The average molecular weight is 298 g/mol. The van der Waals surface area contributed by atoms with Crippen LogP contribution in [0.25, 0.3) is 11.1 Å². The molecule has 0 aliphatic rings. The van der Waals surface area contributed by atoms with Crippen LogP contribution in [0.2, 0.25) is 0 Å². The average Bonchev–Trinajstić information content (AvgIpc) is 2.48. The van der Waals surface area contributed by atoms with E-state index < -0.39 is 11.8 Å². The van der Waals surface area contributed by atoms with Crippen molar-refractivity contribution in [3.63, 3.8) is 0 Å². The minimum Gasteiger partial charge on any atom is -0.396 e. The minimum atomic E-state index is -0.520. The van der Waals surface area contributed by atoms with Gasteiger partial charge < -0.3 is 16.6 Å². The van der Waals surface area contributed by atoms with Crippen LogP contribution in [0.5, 0.6) is 0 Å². The van der Waals surface area contributed by atoms with Crippen molar-refractivity contribution in [2.24, 2.45) is 11.5 Å². The van der Waals surface area contributed by atoms with E-state index in [1.54, 1.807) is 30.3 Å². The number of aryl methyl sites for hydroxylation is 1. The zero-order valence-corrected chi connectivity index (χ0v) is 12.3. The van der Waals surface area contributed by atoms with Crippen LogP contribution < -0.4 is 11.5 Å². The highest BCUT2D eigenvalue weighted by molar-refractivity contribution is 5.96. The fraction of sp³-hybridized carbons (Fsp3) is 0.176. The molecule has 2 rings (SSSR count). The van der Waals surface area contributed by atoms with E-state index in [1.807, 2.05) is 13.0 Å². The first-order valence-electron chi connectivity index (χ1n) is 6.88. The number of nitrogens with two attached hydrogens (primary N) is 2. The SMILES string of the molecule is Cc1ccc(C(N)=O)cc1-c1ccc(C(N)=O)cc1CCO. The molecule has 5 N–H and O–H groups in total. The lowest BCUT2D eigenvalue weighted by molar-refractivity contribution is 0.0992. The fourth-order valence-corrected chi connectivity index (χ4v) is 2.40. The molecular weight excluding hydrogens is 280 g/mol. The summed E-state index contributed by atoms with van der Waals surface area (Å²) in [5.41, 5.74) is 14.9. The van der Waals surface area contributed by atoms with E-state index in [0.717, 1.165) is 22.3 Å². The largest absolute Gasteiger partial charge is 0.396 e. The highest BCUT2D eigenvalue weighted by atomic mass is 16.3. The van der Waals surface area contributed by atoms with E-state index in [9.17, 15) is 14.7 Å². The molecule has 0 aliphatic carbocycles. The quantitative estimate of drug-likeness (QED) is 0.776. The van der Waals surface area contributed by atoms with Gasteiger partial charge in [0.05, 0.1) is 0 Å². The third-order valence-corrected chi connectivity index (χ3v) is 3.58. The summed E-state index contributed by atoms with van der Waals surface area (Å²) in [5, 5.41) is 9.24. The summed E-state index contributed by atoms with van der Waals surface area (Å²) in [6.45, 7) is 1.87. The molecule has 114 valence electrons. The number of benzene rings is 2. The number of hydrogen-bond acceptors (Lipinski definition) is 3. The van der Waals surface area contributed by atoms with Crippen molar-refractivity contribution in [2.45, 2.75) is 13.3 Å². The zero-order chi connectivity index (χ0) is 16.3. The summed E-state index contributed by atoms with van der Waals surface area (Å²) >= 11 is 0. The first kappa shape index (κ1) is 15.7. The molecular formula is C17H18N2O3. The van der Waals surface area contributed by atoms with Crippen LogP contribution in [0, 0.1) is 6.92 Å². The van der Waals surface area contributed by atoms with E-state index >= 15 is 0 Å². The molecule has 2 aromatic carbocycles. The van der Waals surface area contributed by atoms with Gasteiger partial charge in [0.1, 0.15) is 0 Å². The Morgan fingerprint density at radius 1 is 0.955 bits per heavy atom. The lowest BCUT2D eigenvalue weighted by Crippen LogP contribution is -2.12. The molecule has 0 bridgehead atoms. The van der Waals surface area contributed by atoms with Gasteiger partial charge in [-0.1, -0.05) is 12.1 Å². The number of rotatable bonds is 5. The van der Waals surface area contributed by atoms with E-state index in [0.29, 0.717) is 17.5 Å². The van der Waals surface area contributed by atoms with Gasteiger partial charge in [-0.15, -0.1) is 0 Å². The number of aliphatic hydroxyl groups is 1. The smallest absolute Gasteiger partial charge is 0.248 e. The van der Waals surface area contributed by atoms with Crippen LogP contribution in [0.15, 0.2) is 36.4 Å². The summed E-state index contributed by atoms with van der Waals surface area (Å²) in [6.07, 6.45) is 0.386. The van der Waals surface area contributed by atoms with Crippen molar-refractivity contribution in [3.8, 4) is 11.1 Å². The van der Waals surface area contributed by atoms with E-state index in [-0.39, 0.29) is 6.61 Å². The second kappa shape index (κ2) is 6.41. The van der Waals surface area contributed by atoms with Crippen LogP contribution in [0.1, 0.15) is 31.8 Å². The summed E-state index contributed by atoms with van der Waals surface area (Å²) in [4.78, 5) is 22.7. The Bertz CT molecular complexity index is 739. The second-order valence-electron chi connectivity index (χ2n) is 5.10. The molecule has 5 heteroatoms. The molecule has 0 radical (unpaired) electrons. The molecule has 2 aromatic rings. The van der Waals surface area contributed by atoms with Crippen molar-refractivity contribution in [1.82, 2.24) is 0 Å². The number of carbonyl (C=O) groups is 2. The third-order valence-electron chi connectivity index (χ3n) is 3.58. The lowest BCUT2D eigenvalue weighted by Gasteiger charge is -2.13. The standard InChI is InChI=1S/C17H18N2O3/c1-10-2-3-13(17(19)22)9-15(10)14-5-4-12(16(18)21)8-11(14)6-7-20/h2-5,8-9,20H,6-7H2,1H3,(H2,18,21)(H2,19,22). The number of carbonyl (C=O) groups excluding carboxylic acids is 2. The van der Waals surface area contributed by atoms with Crippen LogP contribution >= 0.6 is 0 Å². The van der Waals surface area contributed by atoms with Crippen molar-refractivity contribution < 1.29 is 14.7 Å². The maximum atomic E-state index is 11.4. The molecule has 0 heterocycles. The molecule has 22 heavy (non-hydrogen) atoms. The molecule has 0 spiro atoms. The van der Waals surface area contributed by atoms with Crippen molar-refractivity contribution in [2.75, 3.05) is 6.61 Å². The Hall–Kier alpha value is -2.66. The topological polar surface area (TPSA) is 106 Å². The monoisotopic (exact) mass is 298 g/mol. The highest BCUT2D eigenvalue weighted by Crippen LogP contribution is 2.29. The molecule has 0 atom stereocenters. The Morgan fingerprint density at radius 3 is 2.14 bits per heavy atom. The molecule has 0 aromatic heterocycles. The minimum absolute atomic E-state index is 0.0518. The van der Waals surface area contributed by atoms with Crippen molar-refractivity contribution in [3.05, 3.63) is 58.7 Å². The van der Waals surface area contributed by atoms with Crippen molar-refractivity contribution in [1.29, 1.82) is 0 Å². The molecule has 0 aliphatic heterocycles. The lowest BCUT2D eigenvalue weighted by atomic mass is 9.91. The van der Waals surface area contributed by atoms with Gasteiger partial charge in [0, 0.05) is 17.7 Å². The van der Waals surface area contributed by atoms with Gasteiger partial charge in [0.15, 0.2) is 0 Å². The normalized spacial score (nSPS) is 10.5. The summed E-state index contributed by atoms with van der Waals surface area (Å²) < 4.78 is 0. The maximum Gasteiger partial charge on any atom is 0.248 e. The predicted octanol–water partition coefficient (Wildman–Crippen LogP) is 1.39. The van der Waals surface area contributed by atoms with Crippen LogP contribution in [0.4, 0.5) is 0 Å². The molecule has 0 fully saturated rings. The molecule has 0 saturated heterocycles. The van der Waals surface area contributed by atoms with Crippen LogP contribution in [-0.2, 0) is 6.42 Å². The van der Waals surface area contributed by atoms with E-state index in [1.165, 1.54) is 0 Å². The zero-order valence-electron chi connectivity index (χ0n) is 12.3. The van der Waals surface area contributed by atoms with Crippen LogP contribution in [-0.4, -0.2) is 23.5 Å². The first-order valence-corrected chi connectivity index (χ1v) is 6.88. The molecule has 2 amide bonds. The van der Waals surface area contributed by atoms with E-state index in [2.05, 4.69) is 0 Å². The van der Waals surface area contributed by atoms with Gasteiger partial charge >= 0.3 is 0 Å². The number of primary amides is 2. The molecule has 5 nitrogen and oxygen atoms in total. The Morgan fingerprint density at radius 2 is 1.55 bits per heavy atom. The molecule has 0 saturated carbocycles. The maximum absolute atomic E-state index is 11.4. The van der Waals surface area contributed by atoms with Gasteiger partial charge in [-0.2, -0.15) is 0 Å². The number of hydrogen-bond donors (Lipinski definition) is 3. The Labute approximate surface area is 128 Å². The Balaban J connectivity index is 2.63. The fourth-order valence-electron chi connectivity index (χ4n) is 2.40. The first-order chi connectivity index (χ1) is 10.4. The van der Waals surface area contributed by atoms with Gasteiger partial charge in [0.25, 0.3) is 0 Å². The second-order valence-corrected chi connectivity index (χ2v) is 5.10.